The number of para-hydroxylation sites is 1. The molecule has 1 atom stereocenters. The highest BCUT2D eigenvalue weighted by atomic mass is 19.1. The summed E-state index contributed by atoms with van der Waals surface area (Å²) in [4.78, 5) is 14.3. The number of hydrogen-bond donors (Lipinski definition) is 1. The fourth-order valence-corrected chi connectivity index (χ4v) is 3.89. The Morgan fingerprint density at radius 3 is 2.39 bits per heavy atom. The summed E-state index contributed by atoms with van der Waals surface area (Å²) < 4.78 is 14.1. The number of nitrogens with one attached hydrogen (secondary N) is 1. The van der Waals surface area contributed by atoms with Crippen LogP contribution in [0.4, 0.5) is 10.1 Å². The molecule has 3 rings (SSSR count). The summed E-state index contributed by atoms with van der Waals surface area (Å²) in [5.74, 6) is 0.842. The fourth-order valence-electron chi connectivity index (χ4n) is 3.89. The minimum Gasteiger partial charge on any atom is -0.366 e. The molecule has 2 aliphatic heterocycles. The zero-order valence-electron chi connectivity index (χ0n) is 17.6. The maximum Gasteiger partial charge on any atom is 0.194 e. The van der Waals surface area contributed by atoms with E-state index in [1.165, 1.54) is 6.07 Å². The highest BCUT2D eigenvalue weighted by molar-refractivity contribution is 5.80. The first-order valence-electron chi connectivity index (χ1n) is 10.5. The summed E-state index contributed by atoms with van der Waals surface area (Å²) >= 11 is 0. The quantitative estimate of drug-likeness (QED) is 0.610. The first-order valence-corrected chi connectivity index (χ1v) is 10.5. The summed E-state index contributed by atoms with van der Waals surface area (Å²) in [6.45, 7) is 13.8. The van der Waals surface area contributed by atoms with Crippen LogP contribution in [0.25, 0.3) is 0 Å². The third kappa shape index (κ3) is 5.35. The van der Waals surface area contributed by atoms with Crippen LogP contribution in [-0.4, -0.2) is 99.2 Å². The molecule has 0 amide bonds. The van der Waals surface area contributed by atoms with Gasteiger partial charge in [0.2, 0.25) is 0 Å². The third-order valence-corrected chi connectivity index (χ3v) is 5.77. The second-order valence-electron chi connectivity index (χ2n) is 7.81. The Morgan fingerprint density at radius 1 is 1.07 bits per heavy atom. The van der Waals surface area contributed by atoms with Crippen molar-refractivity contribution in [2.24, 2.45) is 4.99 Å². The monoisotopic (exact) mass is 390 g/mol. The molecule has 2 heterocycles. The number of anilines is 1. The summed E-state index contributed by atoms with van der Waals surface area (Å²) in [6.07, 6.45) is 0. The van der Waals surface area contributed by atoms with Crippen molar-refractivity contribution in [2.45, 2.75) is 19.9 Å². The Morgan fingerprint density at radius 2 is 1.75 bits per heavy atom. The van der Waals surface area contributed by atoms with Gasteiger partial charge in [-0.2, -0.15) is 0 Å². The fraction of sp³-hybridized carbons (Fsp3) is 0.667. The topological polar surface area (TPSA) is 37.4 Å². The van der Waals surface area contributed by atoms with Gasteiger partial charge in [0.15, 0.2) is 5.96 Å². The predicted molar refractivity (Wildman–Crippen MR) is 115 cm³/mol. The van der Waals surface area contributed by atoms with E-state index in [4.69, 9.17) is 4.99 Å². The van der Waals surface area contributed by atoms with Crippen molar-refractivity contribution >= 4 is 11.6 Å². The number of guanidine groups is 1. The van der Waals surface area contributed by atoms with E-state index < -0.39 is 0 Å². The van der Waals surface area contributed by atoms with E-state index >= 15 is 0 Å². The minimum atomic E-state index is -0.141. The van der Waals surface area contributed by atoms with E-state index in [1.54, 1.807) is 6.07 Å². The third-order valence-electron chi connectivity index (χ3n) is 5.77. The van der Waals surface area contributed by atoms with Crippen LogP contribution in [0.5, 0.6) is 0 Å². The van der Waals surface area contributed by atoms with Gasteiger partial charge in [0, 0.05) is 64.9 Å². The lowest BCUT2D eigenvalue weighted by molar-refractivity contribution is 0.122. The molecule has 28 heavy (non-hydrogen) atoms. The Kier molecular flexibility index (Phi) is 7.50. The first kappa shape index (κ1) is 20.9. The van der Waals surface area contributed by atoms with Gasteiger partial charge in [-0.3, -0.25) is 9.89 Å². The zero-order valence-corrected chi connectivity index (χ0v) is 17.6. The van der Waals surface area contributed by atoms with Crippen molar-refractivity contribution < 1.29 is 4.39 Å². The highest BCUT2D eigenvalue weighted by Gasteiger charge is 2.23. The Balaban J connectivity index is 1.55. The lowest BCUT2D eigenvalue weighted by atomic mass is 10.2. The normalized spacial score (nSPS) is 21.1. The van der Waals surface area contributed by atoms with E-state index in [0.717, 1.165) is 71.4 Å². The maximum atomic E-state index is 14.1. The smallest absolute Gasteiger partial charge is 0.194 e. The molecule has 1 unspecified atom stereocenters. The second kappa shape index (κ2) is 10.1. The van der Waals surface area contributed by atoms with Gasteiger partial charge in [-0.15, -0.1) is 0 Å². The number of hydrogen-bond acceptors (Lipinski definition) is 4. The van der Waals surface area contributed by atoms with Crippen molar-refractivity contribution in [3.63, 3.8) is 0 Å². The predicted octanol–water partition coefficient (Wildman–Crippen LogP) is 1.55. The van der Waals surface area contributed by atoms with E-state index in [9.17, 15) is 4.39 Å². The first-order chi connectivity index (χ1) is 13.6. The molecule has 156 valence electrons. The van der Waals surface area contributed by atoms with Gasteiger partial charge in [0.05, 0.1) is 12.2 Å². The maximum absolute atomic E-state index is 14.1. The van der Waals surface area contributed by atoms with Crippen molar-refractivity contribution in [3.8, 4) is 0 Å². The van der Waals surface area contributed by atoms with Crippen LogP contribution in [0.1, 0.15) is 13.8 Å². The van der Waals surface area contributed by atoms with Gasteiger partial charge in [-0.25, -0.2) is 4.39 Å². The van der Waals surface area contributed by atoms with Crippen LogP contribution in [0.3, 0.4) is 0 Å². The number of likely N-dealkylation sites (N-methyl/N-ethyl adjacent to an activating group) is 1. The average Bonchev–Trinajstić information content (AvgIpc) is 2.72. The molecule has 2 fully saturated rings. The molecule has 6 nitrogen and oxygen atoms in total. The van der Waals surface area contributed by atoms with Crippen molar-refractivity contribution in [1.82, 2.24) is 20.0 Å². The Hall–Kier alpha value is -1.86. The molecule has 0 spiro atoms. The molecule has 1 N–H and O–H groups in total. The van der Waals surface area contributed by atoms with Crippen LogP contribution in [-0.2, 0) is 0 Å². The molecule has 2 aliphatic rings. The summed E-state index contributed by atoms with van der Waals surface area (Å²) in [7, 11) is 2.18. The number of nitrogens with zero attached hydrogens (tertiary/aromatic N) is 5. The second-order valence-corrected chi connectivity index (χ2v) is 7.81. The van der Waals surface area contributed by atoms with Gasteiger partial charge in [0.25, 0.3) is 0 Å². The summed E-state index contributed by atoms with van der Waals surface area (Å²) in [5, 5.41) is 3.44. The summed E-state index contributed by atoms with van der Waals surface area (Å²) in [5.41, 5.74) is 0.702. The molecular formula is C21H35FN6. The molecule has 7 heteroatoms. The van der Waals surface area contributed by atoms with Crippen LogP contribution in [0, 0.1) is 5.82 Å². The van der Waals surface area contributed by atoms with Crippen LogP contribution >= 0.6 is 0 Å². The van der Waals surface area contributed by atoms with Gasteiger partial charge in [-0.1, -0.05) is 12.1 Å². The Labute approximate surface area is 169 Å². The highest BCUT2D eigenvalue weighted by Crippen LogP contribution is 2.20. The molecule has 1 aromatic carbocycles. The van der Waals surface area contributed by atoms with Gasteiger partial charge in [0.1, 0.15) is 5.82 Å². The van der Waals surface area contributed by atoms with Gasteiger partial charge < -0.3 is 20.0 Å². The van der Waals surface area contributed by atoms with E-state index in [-0.39, 0.29) is 5.82 Å². The molecule has 1 aromatic rings. The van der Waals surface area contributed by atoms with E-state index in [1.807, 2.05) is 12.1 Å². The standard InChI is InChI=1S/C21H35FN6/c1-4-23-21(24-17-18(2)26-11-9-25(3)10-12-26)28-15-13-27(14-16-28)20-8-6-5-7-19(20)22/h5-8,18H,4,9-17H2,1-3H3,(H,23,24). The molecule has 0 radical (unpaired) electrons. The van der Waals surface area contributed by atoms with Crippen LogP contribution < -0.4 is 10.2 Å². The number of benzene rings is 1. The molecule has 0 bridgehead atoms. The van der Waals surface area contributed by atoms with E-state index in [0.29, 0.717) is 11.7 Å². The molecule has 0 aliphatic carbocycles. The van der Waals surface area contributed by atoms with Crippen LogP contribution in [0.15, 0.2) is 29.3 Å². The van der Waals surface area contributed by atoms with Gasteiger partial charge in [-0.05, 0) is 33.0 Å². The van der Waals surface area contributed by atoms with Crippen molar-refractivity contribution in [3.05, 3.63) is 30.1 Å². The molecule has 0 aromatic heterocycles. The lowest BCUT2D eigenvalue weighted by Crippen LogP contribution is -2.53. The SMILES string of the molecule is CCNC(=NCC(C)N1CCN(C)CC1)N1CCN(c2ccccc2F)CC1. The minimum absolute atomic E-state index is 0.141. The molecular weight excluding hydrogens is 355 g/mol. The average molecular weight is 391 g/mol. The molecule has 2 saturated heterocycles. The van der Waals surface area contributed by atoms with Crippen molar-refractivity contribution in [2.75, 3.05) is 77.4 Å². The lowest BCUT2D eigenvalue weighted by Gasteiger charge is -2.38. The number of halogens is 1. The number of aliphatic imine (C=N–C) groups is 1. The summed E-state index contributed by atoms with van der Waals surface area (Å²) in [6, 6.07) is 7.49. The van der Waals surface area contributed by atoms with Crippen molar-refractivity contribution in [1.29, 1.82) is 0 Å². The zero-order chi connectivity index (χ0) is 19.9. The number of piperazine rings is 2. The van der Waals surface area contributed by atoms with E-state index in [2.05, 4.69) is 45.8 Å². The molecule has 0 saturated carbocycles. The Bertz CT molecular complexity index is 636. The van der Waals surface area contributed by atoms with Gasteiger partial charge >= 0.3 is 0 Å². The largest absolute Gasteiger partial charge is 0.366 e. The van der Waals surface area contributed by atoms with Crippen LogP contribution in [0.2, 0.25) is 0 Å². The number of rotatable bonds is 5.